The van der Waals surface area contributed by atoms with Gasteiger partial charge in [0.05, 0.1) is 35.7 Å². The molecule has 240 valence electrons. The topological polar surface area (TPSA) is 115 Å². The minimum Gasteiger partial charge on any atom is -0.491 e. The number of aromatic nitrogens is 4. The van der Waals surface area contributed by atoms with E-state index in [4.69, 9.17) is 4.74 Å². The Morgan fingerprint density at radius 2 is 1.85 bits per heavy atom. The fourth-order valence-electron chi connectivity index (χ4n) is 4.06. The van der Waals surface area contributed by atoms with Crippen molar-refractivity contribution in [3.8, 4) is 23.0 Å². The summed E-state index contributed by atoms with van der Waals surface area (Å²) >= 11 is 0.898. The first kappa shape index (κ1) is 32.4. The van der Waals surface area contributed by atoms with E-state index >= 15 is 0 Å². The van der Waals surface area contributed by atoms with Crippen molar-refractivity contribution < 1.29 is 45.1 Å². The van der Waals surface area contributed by atoms with Crippen molar-refractivity contribution in [2.24, 2.45) is 4.99 Å². The number of amides is 3. The van der Waals surface area contributed by atoms with Crippen LogP contribution >= 0.6 is 11.8 Å². The molecule has 46 heavy (non-hydrogen) atoms. The van der Waals surface area contributed by atoms with Gasteiger partial charge in [0.15, 0.2) is 16.8 Å². The molecule has 5 rings (SSSR count). The molecule has 0 bridgehead atoms. The lowest BCUT2D eigenvalue weighted by atomic mass is 10.2. The van der Waals surface area contributed by atoms with Crippen LogP contribution in [0.4, 0.5) is 46.9 Å². The molecule has 1 aliphatic rings. The van der Waals surface area contributed by atoms with E-state index < -0.39 is 48.7 Å². The van der Waals surface area contributed by atoms with Crippen LogP contribution in [0.15, 0.2) is 66.0 Å². The molecule has 1 fully saturated rings. The van der Waals surface area contributed by atoms with E-state index in [2.05, 4.69) is 25.4 Å². The fraction of sp³-hybridized carbons (Fsp3) is 0.214. The Morgan fingerprint density at radius 3 is 2.52 bits per heavy atom. The van der Waals surface area contributed by atoms with Crippen LogP contribution < -0.4 is 15.0 Å². The Balaban J connectivity index is 1.30. The first-order chi connectivity index (χ1) is 21.7. The van der Waals surface area contributed by atoms with Crippen LogP contribution in [-0.4, -0.2) is 55.4 Å². The minimum atomic E-state index is -4.56. The number of nitrogens with one attached hydrogen (secondary N) is 1. The summed E-state index contributed by atoms with van der Waals surface area (Å²) in [7, 11) is 0. The van der Waals surface area contributed by atoms with Crippen LogP contribution in [0.5, 0.6) is 5.75 Å². The van der Waals surface area contributed by atoms with E-state index in [1.165, 1.54) is 30.6 Å². The number of anilines is 2. The third kappa shape index (κ3) is 7.61. The first-order valence-corrected chi connectivity index (χ1v) is 14.1. The van der Waals surface area contributed by atoms with Crippen LogP contribution in [0, 0.1) is 12.7 Å². The molecule has 10 nitrogen and oxygen atoms in total. The molecule has 4 aromatic rings. The van der Waals surface area contributed by atoms with Crippen LogP contribution in [0.25, 0.3) is 17.2 Å². The van der Waals surface area contributed by atoms with E-state index in [0.717, 1.165) is 39.5 Å². The average molecular weight is 668 g/mol. The standard InChI is InChI=1S/C28H20F7N7O3S/c1-15-2-6-21(45-9-8-27(30,31)32)20(10-15)42-23(43)13-46-26(42)39-25(44)38-19-5-3-16(11-18(19)29)24-37-14-41(40-24)22-7-4-17(12-36-22)28(33,34)35/h2-7,10-12,14H,8-9,13H2,1H3,(H,38,44)/b39-26-. The lowest BCUT2D eigenvalue weighted by Gasteiger charge is -2.20. The number of carbonyl (C=O) groups excluding carboxylic acids is 2. The Kier molecular flexibility index (Phi) is 9.00. The maximum Gasteiger partial charge on any atom is 0.417 e. The molecule has 2 aromatic heterocycles. The summed E-state index contributed by atoms with van der Waals surface area (Å²) in [5.41, 5.74) is -0.301. The van der Waals surface area contributed by atoms with Gasteiger partial charge in [-0.05, 0) is 55.0 Å². The molecule has 0 radical (unpaired) electrons. The number of carbonyl (C=O) groups is 2. The number of aliphatic imine (C=N–C) groups is 1. The molecule has 1 N–H and O–H groups in total. The Labute approximate surface area is 259 Å². The second-order valence-electron chi connectivity index (χ2n) is 9.64. The second kappa shape index (κ2) is 12.8. The predicted molar refractivity (Wildman–Crippen MR) is 153 cm³/mol. The molecule has 0 spiro atoms. The van der Waals surface area contributed by atoms with E-state index in [-0.39, 0.29) is 45.3 Å². The highest BCUT2D eigenvalue weighted by molar-refractivity contribution is 8.15. The predicted octanol–water partition coefficient (Wildman–Crippen LogP) is 6.79. The molecule has 1 saturated heterocycles. The van der Waals surface area contributed by atoms with Gasteiger partial charge in [0.1, 0.15) is 17.9 Å². The quantitative estimate of drug-likeness (QED) is 0.216. The monoisotopic (exact) mass is 667 g/mol. The molecule has 18 heteroatoms. The number of halogens is 7. The normalized spacial score (nSPS) is 14.7. The number of rotatable bonds is 7. The van der Waals surface area contributed by atoms with Crippen LogP contribution in [0.1, 0.15) is 17.5 Å². The zero-order valence-electron chi connectivity index (χ0n) is 23.4. The number of amidine groups is 1. The van der Waals surface area contributed by atoms with Gasteiger partial charge in [-0.1, -0.05) is 17.8 Å². The highest BCUT2D eigenvalue weighted by Gasteiger charge is 2.34. The number of hydrogen-bond acceptors (Lipinski definition) is 7. The molecule has 2 aromatic carbocycles. The van der Waals surface area contributed by atoms with Crippen molar-refractivity contribution in [3.63, 3.8) is 0 Å². The highest BCUT2D eigenvalue weighted by Crippen LogP contribution is 2.36. The molecule has 0 saturated carbocycles. The van der Waals surface area contributed by atoms with E-state index in [1.54, 1.807) is 13.0 Å². The summed E-state index contributed by atoms with van der Waals surface area (Å²) in [6, 6.07) is 8.97. The number of thioether (sulfide) groups is 1. The molecular formula is C28H20F7N7O3S. The van der Waals surface area contributed by atoms with Gasteiger partial charge in [0.2, 0.25) is 5.91 Å². The summed E-state index contributed by atoms with van der Waals surface area (Å²) in [5.74, 6) is -1.49. The van der Waals surface area contributed by atoms with Gasteiger partial charge < -0.3 is 10.1 Å². The SMILES string of the molecule is Cc1ccc(OCCC(F)(F)F)c(N2C(=O)CS/C2=N\C(=O)Nc2ccc(-c3ncn(-c4ccc(C(F)(F)F)cn4)n3)cc2F)c1. The number of urea groups is 1. The fourth-order valence-corrected chi connectivity index (χ4v) is 4.92. The third-order valence-electron chi connectivity index (χ3n) is 6.23. The molecule has 1 aliphatic heterocycles. The van der Waals surface area contributed by atoms with Crippen molar-refractivity contribution in [1.29, 1.82) is 0 Å². The number of aryl methyl sites for hydroxylation is 1. The molecule has 0 aliphatic carbocycles. The molecule has 3 heterocycles. The number of ether oxygens (including phenoxy) is 1. The van der Waals surface area contributed by atoms with Crippen LogP contribution in [-0.2, 0) is 11.0 Å². The zero-order chi connectivity index (χ0) is 33.2. The summed E-state index contributed by atoms with van der Waals surface area (Å²) < 4.78 is 97.7. The van der Waals surface area contributed by atoms with Gasteiger partial charge in [-0.3, -0.25) is 9.69 Å². The average Bonchev–Trinajstić information content (AvgIpc) is 3.61. The van der Waals surface area contributed by atoms with Crippen molar-refractivity contribution in [2.75, 3.05) is 22.6 Å². The van der Waals surface area contributed by atoms with Crippen molar-refractivity contribution in [1.82, 2.24) is 19.7 Å². The van der Waals surface area contributed by atoms with Gasteiger partial charge in [-0.25, -0.2) is 23.8 Å². The van der Waals surface area contributed by atoms with Crippen LogP contribution in [0.3, 0.4) is 0 Å². The van der Waals surface area contributed by atoms with E-state index in [0.29, 0.717) is 11.8 Å². The number of nitrogens with zero attached hydrogens (tertiary/aromatic N) is 6. The highest BCUT2D eigenvalue weighted by atomic mass is 32.2. The Bertz CT molecular complexity index is 1810. The maximum absolute atomic E-state index is 15.0. The van der Waals surface area contributed by atoms with Crippen molar-refractivity contribution in [3.05, 3.63) is 78.0 Å². The lowest BCUT2D eigenvalue weighted by molar-refractivity contribution is -0.140. The number of hydrogen-bond donors (Lipinski definition) is 1. The summed E-state index contributed by atoms with van der Waals surface area (Å²) in [4.78, 5) is 38.2. The summed E-state index contributed by atoms with van der Waals surface area (Å²) in [6.07, 6.45) is -8.41. The summed E-state index contributed by atoms with van der Waals surface area (Å²) in [6.45, 7) is 0.997. The number of benzene rings is 2. The first-order valence-electron chi connectivity index (χ1n) is 13.1. The lowest BCUT2D eigenvalue weighted by Crippen LogP contribution is -2.31. The molecule has 3 amide bonds. The third-order valence-corrected chi connectivity index (χ3v) is 7.16. The maximum atomic E-state index is 15.0. The van der Waals surface area contributed by atoms with Crippen molar-refractivity contribution >= 4 is 40.2 Å². The van der Waals surface area contributed by atoms with Gasteiger partial charge in [-0.15, -0.1) is 5.10 Å². The Morgan fingerprint density at radius 1 is 1.07 bits per heavy atom. The second-order valence-corrected chi connectivity index (χ2v) is 10.6. The van der Waals surface area contributed by atoms with Gasteiger partial charge >= 0.3 is 18.4 Å². The Hall–Kier alpha value is -5.00. The van der Waals surface area contributed by atoms with Crippen molar-refractivity contribution in [2.45, 2.75) is 25.7 Å². The minimum absolute atomic E-state index is 0.0154. The smallest absolute Gasteiger partial charge is 0.417 e. The van der Waals surface area contributed by atoms with Gasteiger partial charge in [0, 0.05) is 11.8 Å². The molecular weight excluding hydrogens is 647 g/mol. The summed E-state index contributed by atoms with van der Waals surface area (Å²) in [5, 5.41) is 6.28. The molecule has 0 unspecified atom stereocenters. The van der Waals surface area contributed by atoms with Gasteiger partial charge in [0.25, 0.3) is 0 Å². The zero-order valence-corrected chi connectivity index (χ0v) is 24.2. The largest absolute Gasteiger partial charge is 0.491 e. The van der Waals surface area contributed by atoms with E-state index in [9.17, 15) is 40.3 Å². The molecule has 0 atom stereocenters. The van der Waals surface area contributed by atoms with Gasteiger partial charge in [-0.2, -0.15) is 31.3 Å². The van der Waals surface area contributed by atoms with Crippen LogP contribution in [0.2, 0.25) is 0 Å². The van der Waals surface area contributed by atoms with E-state index in [1.807, 2.05) is 0 Å². The number of alkyl halides is 6. The number of pyridine rings is 1.